The Bertz CT molecular complexity index is 359. The van der Waals surface area contributed by atoms with Gasteiger partial charge < -0.3 is 20.0 Å². The van der Waals surface area contributed by atoms with E-state index < -0.39 is 0 Å². The molecule has 3 aliphatic rings. The highest BCUT2D eigenvalue weighted by Crippen LogP contribution is 2.14. The van der Waals surface area contributed by atoms with E-state index >= 15 is 0 Å². The highest BCUT2D eigenvalue weighted by atomic mass is 15.1. The van der Waals surface area contributed by atoms with Crippen molar-refractivity contribution >= 4 is 0 Å². The van der Waals surface area contributed by atoms with E-state index in [1.165, 1.54) is 77.8 Å². The van der Waals surface area contributed by atoms with E-state index in [1.54, 1.807) is 0 Å². The zero-order chi connectivity index (χ0) is 23.2. The maximum atomic E-state index is 3.19. The Balaban J connectivity index is -0.000000344. The molecule has 0 aromatic heterocycles. The molecule has 3 heterocycles. The summed E-state index contributed by atoms with van der Waals surface area (Å²) in [4.78, 5) is 7.19. The van der Waals surface area contributed by atoms with Gasteiger partial charge in [-0.2, -0.15) is 0 Å². The minimum Gasteiger partial charge on any atom is -0.315 e. The van der Waals surface area contributed by atoms with Crippen LogP contribution in [0, 0.1) is 17.8 Å². The molecule has 0 radical (unpaired) electrons. The number of piperidine rings is 2. The summed E-state index contributed by atoms with van der Waals surface area (Å²) in [6.45, 7) is 21.4. The molecule has 2 unspecified atom stereocenters. The molecule has 0 aromatic carbocycles. The molecule has 4 nitrogen and oxygen atoms in total. The van der Waals surface area contributed by atoms with Gasteiger partial charge in [0.15, 0.2) is 0 Å². The van der Waals surface area contributed by atoms with Gasteiger partial charge in [0, 0.05) is 18.6 Å². The number of nitrogens with zero attached hydrogens (tertiary/aromatic N) is 3. The van der Waals surface area contributed by atoms with Crippen LogP contribution >= 0.6 is 0 Å². The van der Waals surface area contributed by atoms with Gasteiger partial charge in [-0.3, -0.25) is 0 Å². The van der Waals surface area contributed by atoms with Crippen LogP contribution in [-0.4, -0.2) is 87.7 Å². The molecule has 1 N–H and O–H groups in total. The summed E-state index contributed by atoms with van der Waals surface area (Å²) in [5.41, 5.74) is 0.333. The largest absolute Gasteiger partial charge is 0.315 e. The van der Waals surface area contributed by atoms with Crippen LogP contribution in [0.1, 0.15) is 94.9 Å². The molecule has 3 aliphatic heterocycles. The molecule has 3 rings (SSSR count). The highest BCUT2D eigenvalue weighted by Gasteiger charge is 2.13. The van der Waals surface area contributed by atoms with Crippen LogP contribution in [0.3, 0.4) is 0 Å². The summed E-state index contributed by atoms with van der Waals surface area (Å²) in [6.07, 6.45) is 8.22. The first-order valence-electron chi connectivity index (χ1n) is 12.7. The smallest absolute Gasteiger partial charge is 0.0119 e. The molecule has 0 amide bonds. The zero-order valence-corrected chi connectivity index (χ0v) is 22.6. The molecule has 0 aromatic rings. The average Bonchev–Trinajstić information content (AvgIpc) is 3.08. The van der Waals surface area contributed by atoms with Gasteiger partial charge in [0.2, 0.25) is 0 Å². The van der Waals surface area contributed by atoms with Crippen molar-refractivity contribution in [1.82, 2.24) is 20.0 Å². The number of likely N-dealkylation sites (tertiary alicyclic amines) is 3. The Morgan fingerprint density at radius 1 is 0.688 bits per heavy atom. The quantitative estimate of drug-likeness (QED) is 0.522. The molecule has 0 saturated carbocycles. The number of nitrogens with one attached hydrogen (secondary N) is 1. The maximum absolute atomic E-state index is 3.19. The highest BCUT2D eigenvalue weighted by molar-refractivity contribution is 4.71. The van der Waals surface area contributed by atoms with Crippen molar-refractivity contribution in [2.24, 2.45) is 17.8 Å². The van der Waals surface area contributed by atoms with Crippen molar-refractivity contribution in [1.29, 1.82) is 0 Å². The van der Waals surface area contributed by atoms with Crippen molar-refractivity contribution < 1.29 is 0 Å². The Kier molecular flexibility index (Phi) is 23.0. The molecule has 3 saturated heterocycles. The number of hydrogen-bond donors (Lipinski definition) is 1. The Hall–Kier alpha value is -0.160. The third-order valence-corrected chi connectivity index (χ3v) is 7.05. The van der Waals surface area contributed by atoms with Crippen LogP contribution in [0.4, 0.5) is 0 Å². The second-order valence-corrected chi connectivity index (χ2v) is 11.1. The Morgan fingerprint density at radius 2 is 1.09 bits per heavy atom. The second kappa shape index (κ2) is 20.2. The minimum absolute atomic E-state index is 0. The monoisotopic (exact) mass is 459 g/mol. The van der Waals surface area contributed by atoms with Gasteiger partial charge in [-0.25, -0.2) is 0 Å². The first-order chi connectivity index (χ1) is 14.0. The van der Waals surface area contributed by atoms with E-state index in [0.29, 0.717) is 5.54 Å². The topological polar surface area (TPSA) is 21.8 Å². The number of hydrogen-bond acceptors (Lipinski definition) is 4. The van der Waals surface area contributed by atoms with Crippen LogP contribution in [0.2, 0.25) is 0 Å². The fraction of sp³-hybridized carbons (Fsp3) is 1.00. The van der Waals surface area contributed by atoms with E-state index in [2.05, 4.69) is 82.7 Å². The van der Waals surface area contributed by atoms with Crippen LogP contribution in [-0.2, 0) is 0 Å². The van der Waals surface area contributed by atoms with Gasteiger partial charge in [-0.05, 0) is 124 Å². The van der Waals surface area contributed by atoms with Gasteiger partial charge in [-0.15, -0.1) is 0 Å². The van der Waals surface area contributed by atoms with Crippen molar-refractivity contribution in [3.63, 3.8) is 0 Å². The van der Waals surface area contributed by atoms with Crippen LogP contribution in [0.5, 0.6) is 0 Å². The minimum atomic E-state index is 0. The number of rotatable bonds is 2. The predicted octanol–water partition coefficient (Wildman–Crippen LogP) is 6.32. The second-order valence-electron chi connectivity index (χ2n) is 11.1. The molecular weight excluding hydrogens is 392 g/mol. The standard InChI is InChI=1S/2C7H15N.C6H13N.C6H15N.2CH4/c1-7-3-5-8(2)6-4-7;1-7-4-3-5-8(2)6-7;1-6-3-4-7(2)5-6;1-5-6(2,3)7-4;;/h2*7H,3-6H2,1-2H3;6H,3-5H2,1-2H3;7H,5H2,1-4H3;2*1H4. The van der Waals surface area contributed by atoms with E-state index in [-0.39, 0.29) is 14.9 Å². The van der Waals surface area contributed by atoms with Gasteiger partial charge in [-0.1, -0.05) is 42.5 Å². The molecule has 0 spiro atoms. The first kappa shape index (κ1) is 36.4. The lowest BCUT2D eigenvalue weighted by Crippen LogP contribution is -2.34. The van der Waals surface area contributed by atoms with Crippen molar-refractivity contribution in [3.8, 4) is 0 Å². The van der Waals surface area contributed by atoms with Crippen LogP contribution < -0.4 is 5.32 Å². The maximum Gasteiger partial charge on any atom is 0.0119 e. The lowest BCUT2D eigenvalue weighted by Gasteiger charge is -2.26. The van der Waals surface area contributed by atoms with Crippen LogP contribution in [0.15, 0.2) is 0 Å². The third kappa shape index (κ3) is 20.4. The molecule has 4 heteroatoms. The molecule has 3 fully saturated rings. The molecule has 198 valence electrons. The van der Waals surface area contributed by atoms with E-state index in [0.717, 1.165) is 17.8 Å². The summed E-state index contributed by atoms with van der Waals surface area (Å²) in [5.74, 6) is 2.87. The Labute approximate surface area is 205 Å². The summed E-state index contributed by atoms with van der Waals surface area (Å²) in [7, 11) is 8.58. The lowest BCUT2D eigenvalue weighted by molar-refractivity contribution is 0.221. The fourth-order valence-corrected chi connectivity index (χ4v) is 3.89. The summed E-state index contributed by atoms with van der Waals surface area (Å²) < 4.78 is 0. The molecule has 32 heavy (non-hydrogen) atoms. The fourth-order valence-electron chi connectivity index (χ4n) is 3.89. The van der Waals surface area contributed by atoms with Crippen molar-refractivity contribution in [3.05, 3.63) is 0 Å². The normalized spacial score (nSPS) is 24.9. The van der Waals surface area contributed by atoms with Gasteiger partial charge in [0.1, 0.15) is 0 Å². The summed E-state index contributed by atoms with van der Waals surface area (Å²) in [6, 6.07) is 0. The van der Waals surface area contributed by atoms with E-state index in [1.807, 2.05) is 7.05 Å². The van der Waals surface area contributed by atoms with E-state index in [9.17, 15) is 0 Å². The van der Waals surface area contributed by atoms with E-state index in [4.69, 9.17) is 0 Å². The van der Waals surface area contributed by atoms with Crippen LogP contribution in [0.25, 0.3) is 0 Å². The average molecular weight is 459 g/mol. The Morgan fingerprint density at radius 3 is 1.31 bits per heavy atom. The van der Waals surface area contributed by atoms with Gasteiger partial charge in [0.25, 0.3) is 0 Å². The summed E-state index contributed by atoms with van der Waals surface area (Å²) in [5, 5.41) is 3.19. The van der Waals surface area contributed by atoms with Crippen molar-refractivity contribution in [2.75, 3.05) is 67.5 Å². The summed E-state index contributed by atoms with van der Waals surface area (Å²) >= 11 is 0. The third-order valence-electron chi connectivity index (χ3n) is 7.05. The van der Waals surface area contributed by atoms with Gasteiger partial charge in [0.05, 0.1) is 0 Å². The first-order valence-corrected chi connectivity index (χ1v) is 12.7. The zero-order valence-electron chi connectivity index (χ0n) is 22.6. The van der Waals surface area contributed by atoms with Crippen molar-refractivity contribution in [2.45, 2.75) is 100 Å². The lowest BCUT2D eigenvalue weighted by atomic mass is 10.00. The SMILES string of the molecule is C.C.CC1CCCN(C)C1.CC1CCN(C)C1.CC1CCN(C)CC1.CCC(C)(C)NC. The molecular formula is C28H66N4. The molecule has 0 aliphatic carbocycles. The molecule has 2 atom stereocenters. The molecule has 0 bridgehead atoms. The van der Waals surface area contributed by atoms with Gasteiger partial charge >= 0.3 is 0 Å². The predicted molar refractivity (Wildman–Crippen MR) is 150 cm³/mol.